The molecule has 0 spiro atoms. The largest absolute Gasteiger partial charge is 0.359 e. The number of rotatable bonds is 2. The molecule has 0 radical (unpaired) electrons. The van der Waals surface area contributed by atoms with E-state index in [0.717, 1.165) is 34.5 Å². The molecule has 5 rings (SSSR count). The second-order valence-electron chi connectivity index (χ2n) is 7.52. The van der Waals surface area contributed by atoms with Crippen molar-refractivity contribution in [3.8, 4) is 0 Å². The first-order chi connectivity index (χ1) is 13.2. The Balaban J connectivity index is 1.57. The Hall–Kier alpha value is -3.07. The molecule has 3 nitrogen and oxygen atoms in total. The van der Waals surface area contributed by atoms with Crippen LogP contribution in [0.4, 0.5) is 5.69 Å². The number of anilines is 1. The molecule has 27 heavy (non-hydrogen) atoms. The first-order valence-corrected chi connectivity index (χ1v) is 9.60. The van der Waals surface area contributed by atoms with E-state index in [1.165, 1.54) is 29.7 Å². The summed E-state index contributed by atoms with van der Waals surface area (Å²) in [5.41, 5.74) is 8.88. The average molecular weight is 354 g/mol. The first-order valence-electron chi connectivity index (χ1n) is 9.60. The van der Waals surface area contributed by atoms with E-state index >= 15 is 0 Å². The van der Waals surface area contributed by atoms with Crippen LogP contribution in [0.15, 0.2) is 54.6 Å². The third-order valence-electron chi connectivity index (χ3n) is 5.79. The Kier molecular flexibility index (Phi) is 3.75. The second kappa shape index (κ2) is 6.27. The van der Waals surface area contributed by atoms with E-state index in [1.54, 1.807) is 0 Å². The van der Waals surface area contributed by atoms with Crippen LogP contribution in [0.25, 0.3) is 11.6 Å². The average Bonchev–Trinajstić information content (AvgIpc) is 3.24. The van der Waals surface area contributed by atoms with Gasteiger partial charge in [-0.25, -0.2) is 0 Å². The molecule has 134 valence electrons. The summed E-state index contributed by atoms with van der Waals surface area (Å²) in [6, 6.07) is 19.0. The number of fused-ring (bicyclic) bond motifs is 2. The van der Waals surface area contributed by atoms with Crippen molar-refractivity contribution in [3.63, 3.8) is 0 Å². The molecule has 2 aromatic carbocycles. The molecule has 3 aromatic rings. The van der Waals surface area contributed by atoms with Crippen LogP contribution in [-0.2, 0) is 11.2 Å². The predicted molar refractivity (Wildman–Crippen MR) is 110 cm³/mol. The minimum absolute atomic E-state index is 0.0218. The van der Waals surface area contributed by atoms with Crippen LogP contribution in [0, 0.1) is 6.92 Å². The van der Waals surface area contributed by atoms with E-state index < -0.39 is 0 Å². The van der Waals surface area contributed by atoms with Gasteiger partial charge in [-0.1, -0.05) is 42.5 Å². The summed E-state index contributed by atoms with van der Waals surface area (Å²) >= 11 is 0. The van der Waals surface area contributed by atoms with E-state index in [2.05, 4.69) is 59.7 Å². The normalized spacial score (nSPS) is 19.7. The van der Waals surface area contributed by atoms with Crippen LogP contribution >= 0.6 is 0 Å². The molecule has 3 heteroatoms. The molecule has 1 amide bonds. The number of hydrogen-bond acceptors (Lipinski definition) is 1. The van der Waals surface area contributed by atoms with Gasteiger partial charge < -0.3 is 10.3 Å². The fourth-order valence-corrected chi connectivity index (χ4v) is 4.53. The van der Waals surface area contributed by atoms with Gasteiger partial charge in [-0.3, -0.25) is 4.79 Å². The lowest BCUT2D eigenvalue weighted by atomic mass is 9.82. The van der Waals surface area contributed by atoms with Gasteiger partial charge in [0.2, 0.25) is 0 Å². The fraction of sp³-hybridized carbons (Fsp3) is 0.208. The number of carbonyl (C=O) groups is 1. The van der Waals surface area contributed by atoms with Crippen molar-refractivity contribution in [1.82, 2.24) is 4.98 Å². The molecule has 0 fully saturated rings. The highest BCUT2D eigenvalue weighted by molar-refractivity contribution is 6.35. The number of hydrogen-bond donors (Lipinski definition) is 2. The van der Waals surface area contributed by atoms with E-state index in [9.17, 15) is 4.79 Å². The number of aromatic amines is 1. The third kappa shape index (κ3) is 2.71. The van der Waals surface area contributed by atoms with Crippen molar-refractivity contribution in [3.05, 3.63) is 88.2 Å². The predicted octanol–water partition coefficient (Wildman–Crippen LogP) is 5.28. The Morgan fingerprint density at radius 3 is 2.78 bits per heavy atom. The summed E-state index contributed by atoms with van der Waals surface area (Å²) in [5.74, 6) is 0.413. The van der Waals surface area contributed by atoms with Gasteiger partial charge in [0.25, 0.3) is 5.91 Å². The van der Waals surface area contributed by atoms with Crippen LogP contribution in [0.5, 0.6) is 0 Å². The van der Waals surface area contributed by atoms with Crippen LogP contribution < -0.4 is 5.32 Å². The minimum atomic E-state index is -0.0218. The number of amides is 1. The molecular weight excluding hydrogens is 332 g/mol. The summed E-state index contributed by atoms with van der Waals surface area (Å²) in [6.45, 7) is 2.05. The quantitative estimate of drug-likeness (QED) is 0.604. The standard InChI is InChI=1S/C24H22N2O/c1-15-7-5-12-22-23(15)20(24(27)26-22)14-17-13-19-18(10-6-11-21(19)25-17)16-8-3-2-4-9-16/h2-5,7-9,12-14,18,25H,6,10-11H2,1H3,(H,26,27). The lowest BCUT2D eigenvalue weighted by Crippen LogP contribution is -2.09. The molecule has 0 bridgehead atoms. The number of aryl methyl sites for hydroxylation is 2. The summed E-state index contributed by atoms with van der Waals surface area (Å²) in [6.07, 6.45) is 5.44. The summed E-state index contributed by atoms with van der Waals surface area (Å²) < 4.78 is 0. The molecule has 1 aromatic heterocycles. The number of nitrogens with one attached hydrogen (secondary N) is 2. The van der Waals surface area contributed by atoms with Gasteiger partial charge in [-0.05, 0) is 61.1 Å². The van der Waals surface area contributed by atoms with E-state index in [-0.39, 0.29) is 5.91 Å². The lowest BCUT2D eigenvalue weighted by molar-refractivity contribution is -0.110. The molecule has 1 aliphatic heterocycles. The Morgan fingerprint density at radius 1 is 1.07 bits per heavy atom. The number of H-pyrrole nitrogens is 1. The zero-order valence-corrected chi connectivity index (χ0v) is 15.4. The Bertz CT molecular complexity index is 1060. The Labute approximate surface area is 159 Å². The van der Waals surface area contributed by atoms with Gasteiger partial charge in [0.1, 0.15) is 0 Å². The zero-order chi connectivity index (χ0) is 18.4. The van der Waals surface area contributed by atoms with Gasteiger partial charge in [0, 0.05) is 28.6 Å². The van der Waals surface area contributed by atoms with Gasteiger partial charge in [0.15, 0.2) is 0 Å². The lowest BCUT2D eigenvalue weighted by Gasteiger charge is -2.22. The summed E-state index contributed by atoms with van der Waals surface area (Å²) in [5, 5.41) is 2.98. The highest BCUT2D eigenvalue weighted by Crippen LogP contribution is 2.39. The highest BCUT2D eigenvalue weighted by atomic mass is 16.2. The SMILES string of the molecule is Cc1cccc2c1C(=Cc1cc3c([nH]1)CCCC3c1ccccc1)C(=O)N2. The molecule has 0 saturated carbocycles. The van der Waals surface area contributed by atoms with Gasteiger partial charge >= 0.3 is 0 Å². The van der Waals surface area contributed by atoms with Gasteiger partial charge in [0.05, 0.1) is 5.57 Å². The first kappa shape index (κ1) is 16.1. The number of benzene rings is 2. The van der Waals surface area contributed by atoms with Crippen LogP contribution in [0.1, 0.15) is 52.4 Å². The van der Waals surface area contributed by atoms with Crippen LogP contribution in [0.2, 0.25) is 0 Å². The van der Waals surface area contributed by atoms with E-state index in [4.69, 9.17) is 0 Å². The topological polar surface area (TPSA) is 44.9 Å². The smallest absolute Gasteiger partial charge is 0.256 e. The van der Waals surface area contributed by atoms with Gasteiger partial charge in [-0.2, -0.15) is 0 Å². The maximum Gasteiger partial charge on any atom is 0.256 e. The van der Waals surface area contributed by atoms with Crippen LogP contribution in [0.3, 0.4) is 0 Å². The van der Waals surface area contributed by atoms with Crippen LogP contribution in [-0.4, -0.2) is 10.9 Å². The molecule has 2 N–H and O–H groups in total. The molecule has 0 saturated heterocycles. The number of aromatic nitrogens is 1. The maximum absolute atomic E-state index is 12.5. The van der Waals surface area contributed by atoms with Crippen molar-refractivity contribution >= 4 is 23.2 Å². The molecule has 2 heterocycles. The van der Waals surface area contributed by atoms with E-state index in [1.807, 2.05) is 18.2 Å². The highest BCUT2D eigenvalue weighted by Gasteiger charge is 2.27. The zero-order valence-electron chi connectivity index (χ0n) is 15.4. The molecular formula is C24H22N2O. The van der Waals surface area contributed by atoms with Crippen molar-refractivity contribution in [1.29, 1.82) is 0 Å². The van der Waals surface area contributed by atoms with E-state index in [0.29, 0.717) is 5.92 Å². The maximum atomic E-state index is 12.5. The van der Waals surface area contributed by atoms with Crippen molar-refractivity contribution in [2.45, 2.75) is 32.1 Å². The van der Waals surface area contributed by atoms with Crippen molar-refractivity contribution < 1.29 is 4.79 Å². The Morgan fingerprint density at radius 2 is 1.93 bits per heavy atom. The molecule has 1 unspecified atom stereocenters. The molecule has 1 atom stereocenters. The van der Waals surface area contributed by atoms with Crippen molar-refractivity contribution in [2.24, 2.45) is 0 Å². The second-order valence-corrected chi connectivity index (χ2v) is 7.52. The summed E-state index contributed by atoms with van der Waals surface area (Å²) in [4.78, 5) is 16.1. The monoisotopic (exact) mass is 354 g/mol. The third-order valence-corrected chi connectivity index (χ3v) is 5.79. The van der Waals surface area contributed by atoms with Crippen molar-refractivity contribution in [2.75, 3.05) is 5.32 Å². The van der Waals surface area contributed by atoms with Gasteiger partial charge in [-0.15, -0.1) is 0 Å². The fourth-order valence-electron chi connectivity index (χ4n) is 4.53. The minimum Gasteiger partial charge on any atom is -0.359 e. The summed E-state index contributed by atoms with van der Waals surface area (Å²) in [7, 11) is 0. The number of carbonyl (C=O) groups excluding carboxylic acids is 1. The molecule has 2 aliphatic rings. The molecule has 1 aliphatic carbocycles.